The molecule has 1 saturated carbocycles. The van der Waals surface area contributed by atoms with Crippen LogP contribution >= 0.6 is 11.3 Å². The number of amides is 1. The molecule has 1 aromatic heterocycles. The normalized spacial score (nSPS) is 27.5. The molecule has 1 spiro atoms. The Morgan fingerprint density at radius 2 is 2.23 bits per heavy atom. The number of hydrogen-bond acceptors (Lipinski definition) is 4. The maximum absolute atomic E-state index is 12.4. The lowest BCUT2D eigenvalue weighted by Gasteiger charge is -2.38. The van der Waals surface area contributed by atoms with Crippen LogP contribution in [0, 0.1) is 5.92 Å². The topological polar surface area (TPSA) is 38.8 Å². The zero-order valence-electron chi connectivity index (χ0n) is 12.8. The Bertz CT molecular complexity index is 518. The highest BCUT2D eigenvalue weighted by molar-refractivity contribution is 7.08. The van der Waals surface area contributed by atoms with Crippen molar-refractivity contribution < 1.29 is 14.3 Å². The van der Waals surface area contributed by atoms with E-state index in [2.05, 4.69) is 0 Å². The molecule has 1 aromatic rings. The molecule has 1 amide bonds. The number of likely N-dealkylation sites (tertiary alicyclic amines) is 1. The van der Waals surface area contributed by atoms with Crippen LogP contribution in [0.15, 0.2) is 16.8 Å². The first kappa shape index (κ1) is 14.7. The van der Waals surface area contributed by atoms with Crippen molar-refractivity contribution in [1.82, 2.24) is 4.90 Å². The second-order valence-electron chi connectivity index (χ2n) is 6.90. The van der Waals surface area contributed by atoms with Crippen LogP contribution in [0.2, 0.25) is 0 Å². The lowest BCUT2D eigenvalue weighted by Crippen LogP contribution is -2.46. The SMILES string of the molecule is O=C(c1ccsc1)N1CCC2(CC1)CC(OCC1CC1)CO2. The molecule has 4 rings (SSSR count). The number of carbonyl (C=O) groups excluding carboxylic acids is 1. The molecular weight excluding hydrogens is 298 g/mol. The molecule has 2 saturated heterocycles. The van der Waals surface area contributed by atoms with E-state index in [4.69, 9.17) is 9.47 Å². The van der Waals surface area contributed by atoms with E-state index in [1.165, 1.54) is 12.8 Å². The van der Waals surface area contributed by atoms with Gasteiger partial charge in [-0.3, -0.25) is 4.79 Å². The van der Waals surface area contributed by atoms with Crippen LogP contribution in [0.3, 0.4) is 0 Å². The Kier molecular flexibility index (Phi) is 3.96. The molecule has 3 aliphatic rings. The summed E-state index contributed by atoms with van der Waals surface area (Å²) in [5, 5.41) is 3.89. The third kappa shape index (κ3) is 3.07. The number of piperidine rings is 1. The average molecular weight is 321 g/mol. The second kappa shape index (κ2) is 5.95. The summed E-state index contributed by atoms with van der Waals surface area (Å²) in [6, 6.07) is 1.91. The molecule has 0 N–H and O–H groups in total. The smallest absolute Gasteiger partial charge is 0.254 e. The van der Waals surface area contributed by atoms with E-state index in [9.17, 15) is 4.79 Å². The van der Waals surface area contributed by atoms with Gasteiger partial charge in [-0.15, -0.1) is 0 Å². The fourth-order valence-electron chi connectivity index (χ4n) is 3.50. The van der Waals surface area contributed by atoms with Gasteiger partial charge in [0.1, 0.15) is 0 Å². The summed E-state index contributed by atoms with van der Waals surface area (Å²) in [5.74, 6) is 0.970. The maximum Gasteiger partial charge on any atom is 0.254 e. The summed E-state index contributed by atoms with van der Waals surface area (Å²) >= 11 is 1.58. The highest BCUT2D eigenvalue weighted by Crippen LogP contribution is 2.38. The third-order valence-corrected chi connectivity index (χ3v) is 5.85. The highest BCUT2D eigenvalue weighted by atomic mass is 32.1. The van der Waals surface area contributed by atoms with Crippen molar-refractivity contribution in [2.24, 2.45) is 5.92 Å². The summed E-state index contributed by atoms with van der Waals surface area (Å²) in [6.07, 6.45) is 5.80. The minimum atomic E-state index is -0.0420. The highest BCUT2D eigenvalue weighted by Gasteiger charge is 2.44. The number of thiophene rings is 1. The molecule has 5 heteroatoms. The van der Waals surface area contributed by atoms with E-state index >= 15 is 0 Å². The van der Waals surface area contributed by atoms with E-state index in [0.717, 1.165) is 57.0 Å². The van der Waals surface area contributed by atoms with Crippen LogP contribution in [0.25, 0.3) is 0 Å². The lowest BCUT2D eigenvalue weighted by atomic mass is 9.88. The predicted octanol–water partition coefficient (Wildman–Crippen LogP) is 2.94. The first-order valence-electron chi connectivity index (χ1n) is 8.31. The molecule has 0 radical (unpaired) electrons. The van der Waals surface area contributed by atoms with Gasteiger partial charge in [0.05, 0.1) is 23.9 Å². The van der Waals surface area contributed by atoms with Crippen molar-refractivity contribution in [2.75, 3.05) is 26.3 Å². The molecule has 3 heterocycles. The number of carbonyl (C=O) groups is 1. The van der Waals surface area contributed by atoms with Crippen molar-refractivity contribution >= 4 is 17.2 Å². The van der Waals surface area contributed by atoms with E-state index < -0.39 is 0 Å². The number of hydrogen-bond donors (Lipinski definition) is 0. The third-order valence-electron chi connectivity index (χ3n) is 5.17. The molecule has 1 aliphatic carbocycles. The number of nitrogens with zero attached hydrogens (tertiary/aromatic N) is 1. The fourth-order valence-corrected chi connectivity index (χ4v) is 4.13. The molecular formula is C17H23NO3S. The molecule has 1 unspecified atom stereocenters. The number of rotatable bonds is 4. The van der Waals surface area contributed by atoms with E-state index in [1.807, 2.05) is 21.7 Å². The van der Waals surface area contributed by atoms with Crippen molar-refractivity contribution in [3.63, 3.8) is 0 Å². The summed E-state index contributed by atoms with van der Waals surface area (Å²) in [6.45, 7) is 3.23. The quantitative estimate of drug-likeness (QED) is 0.856. The summed E-state index contributed by atoms with van der Waals surface area (Å²) in [7, 11) is 0. The minimum Gasteiger partial charge on any atom is -0.375 e. The van der Waals surface area contributed by atoms with Gasteiger partial charge in [-0.25, -0.2) is 0 Å². The fraction of sp³-hybridized carbons (Fsp3) is 0.706. The average Bonchev–Trinajstić information content (AvgIpc) is 3.06. The van der Waals surface area contributed by atoms with Gasteiger partial charge in [0.2, 0.25) is 0 Å². The van der Waals surface area contributed by atoms with Crippen LogP contribution in [-0.2, 0) is 9.47 Å². The van der Waals surface area contributed by atoms with Crippen LogP contribution in [0.1, 0.15) is 42.5 Å². The molecule has 120 valence electrons. The Labute approximate surface area is 135 Å². The van der Waals surface area contributed by atoms with Gasteiger partial charge < -0.3 is 14.4 Å². The second-order valence-corrected chi connectivity index (χ2v) is 7.68. The van der Waals surface area contributed by atoms with Crippen LogP contribution in [0.4, 0.5) is 0 Å². The van der Waals surface area contributed by atoms with Crippen LogP contribution < -0.4 is 0 Å². The van der Waals surface area contributed by atoms with Crippen molar-refractivity contribution in [1.29, 1.82) is 0 Å². The standard InChI is InChI=1S/C17H23NO3S/c19-16(14-3-8-22-12-14)18-6-4-17(5-7-18)9-15(11-21-17)20-10-13-1-2-13/h3,8,12-13,15H,1-2,4-7,9-11H2. The van der Waals surface area contributed by atoms with Gasteiger partial charge in [-0.1, -0.05) is 0 Å². The Morgan fingerprint density at radius 3 is 2.91 bits per heavy atom. The molecule has 1 atom stereocenters. The first-order valence-corrected chi connectivity index (χ1v) is 9.25. The molecule has 3 fully saturated rings. The van der Waals surface area contributed by atoms with Gasteiger partial charge in [0.25, 0.3) is 5.91 Å². The Morgan fingerprint density at radius 1 is 1.41 bits per heavy atom. The van der Waals surface area contributed by atoms with E-state index in [-0.39, 0.29) is 17.6 Å². The van der Waals surface area contributed by atoms with E-state index in [1.54, 1.807) is 11.3 Å². The van der Waals surface area contributed by atoms with Gasteiger partial charge in [0.15, 0.2) is 0 Å². The number of ether oxygens (including phenoxy) is 2. The molecule has 4 nitrogen and oxygen atoms in total. The van der Waals surface area contributed by atoms with E-state index in [0.29, 0.717) is 0 Å². The van der Waals surface area contributed by atoms with Crippen LogP contribution in [0.5, 0.6) is 0 Å². The van der Waals surface area contributed by atoms with Gasteiger partial charge in [-0.2, -0.15) is 11.3 Å². The minimum absolute atomic E-state index is 0.0420. The summed E-state index contributed by atoms with van der Waals surface area (Å²) < 4.78 is 12.1. The zero-order chi connectivity index (χ0) is 15.0. The van der Waals surface area contributed by atoms with Gasteiger partial charge in [-0.05, 0) is 43.0 Å². The van der Waals surface area contributed by atoms with Crippen molar-refractivity contribution in [3.05, 3.63) is 22.4 Å². The largest absolute Gasteiger partial charge is 0.375 e. The molecule has 22 heavy (non-hydrogen) atoms. The Hall–Kier alpha value is -0.910. The first-order chi connectivity index (χ1) is 10.7. The summed E-state index contributed by atoms with van der Waals surface area (Å²) in [5.41, 5.74) is 0.776. The molecule has 0 bridgehead atoms. The van der Waals surface area contributed by atoms with Crippen molar-refractivity contribution in [2.45, 2.75) is 43.8 Å². The lowest BCUT2D eigenvalue weighted by molar-refractivity contribution is -0.0410. The Balaban J connectivity index is 1.29. The molecule has 2 aliphatic heterocycles. The monoisotopic (exact) mass is 321 g/mol. The van der Waals surface area contributed by atoms with Crippen molar-refractivity contribution in [3.8, 4) is 0 Å². The van der Waals surface area contributed by atoms with Crippen LogP contribution in [-0.4, -0.2) is 48.8 Å². The maximum atomic E-state index is 12.4. The molecule has 0 aromatic carbocycles. The van der Waals surface area contributed by atoms with Gasteiger partial charge >= 0.3 is 0 Å². The predicted molar refractivity (Wildman–Crippen MR) is 85.2 cm³/mol. The zero-order valence-corrected chi connectivity index (χ0v) is 13.6. The summed E-state index contributed by atoms with van der Waals surface area (Å²) in [4.78, 5) is 14.3. The van der Waals surface area contributed by atoms with Gasteiger partial charge in [0, 0.05) is 31.5 Å².